The molecule has 0 spiro atoms. The molecular formula is C18H24N4O3S. The molecule has 26 heavy (non-hydrogen) atoms. The van der Waals surface area contributed by atoms with Crippen molar-refractivity contribution in [3.8, 4) is 5.75 Å². The fraction of sp³-hybridized carbons (Fsp3) is 0.500. The van der Waals surface area contributed by atoms with Crippen LogP contribution < -0.4 is 10.1 Å². The predicted octanol–water partition coefficient (Wildman–Crippen LogP) is 2.09. The van der Waals surface area contributed by atoms with Crippen LogP contribution in [0.4, 0.5) is 0 Å². The molecule has 0 unspecified atom stereocenters. The Hall–Kier alpha value is -2.06. The van der Waals surface area contributed by atoms with E-state index < -0.39 is 0 Å². The van der Waals surface area contributed by atoms with E-state index in [0.29, 0.717) is 29.9 Å². The van der Waals surface area contributed by atoms with Crippen LogP contribution in [0.2, 0.25) is 0 Å². The Morgan fingerprint density at radius 3 is 3.12 bits per heavy atom. The van der Waals surface area contributed by atoms with E-state index in [-0.39, 0.29) is 12.0 Å². The predicted molar refractivity (Wildman–Crippen MR) is 99.2 cm³/mol. The fourth-order valence-corrected chi connectivity index (χ4v) is 3.42. The van der Waals surface area contributed by atoms with Crippen molar-refractivity contribution in [3.05, 3.63) is 35.7 Å². The number of hydrogen-bond donors (Lipinski definition) is 1. The van der Waals surface area contributed by atoms with Crippen LogP contribution in [0, 0.1) is 6.92 Å². The minimum atomic E-state index is -0.0222. The first-order valence-electron chi connectivity index (χ1n) is 8.70. The van der Waals surface area contributed by atoms with Crippen molar-refractivity contribution in [2.45, 2.75) is 37.6 Å². The number of carbonyl (C=O) groups is 1. The van der Waals surface area contributed by atoms with Crippen molar-refractivity contribution in [3.63, 3.8) is 0 Å². The van der Waals surface area contributed by atoms with Gasteiger partial charge in [-0.1, -0.05) is 23.9 Å². The summed E-state index contributed by atoms with van der Waals surface area (Å²) in [5, 5.41) is 11.9. The molecule has 140 valence electrons. The Morgan fingerprint density at radius 2 is 2.35 bits per heavy atom. The summed E-state index contributed by atoms with van der Waals surface area (Å²) < 4.78 is 13.1. The van der Waals surface area contributed by atoms with Crippen LogP contribution in [0.15, 0.2) is 29.4 Å². The summed E-state index contributed by atoms with van der Waals surface area (Å²) in [6.45, 7) is 3.72. The van der Waals surface area contributed by atoms with Crippen molar-refractivity contribution in [2.24, 2.45) is 7.05 Å². The van der Waals surface area contributed by atoms with Crippen LogP contribution in [-0.2, 0) is 23.2 Å². The van der Waals surface area contributed by atoms with E-state index in [1.807, 2.05) is 42.8 Å². The summed E-state index contributed by atoms with van der Waals surface area (Å²) >= 11 is 1.36. The zero-order valence-corrected chi connectivity index (χ0v) is 15.9. The molecule has 0 saturated carbocycles. The third-order valence-corrected chi connectivity index (χ3v) is 5.19. The van der Waals surface area contributed by atoms with E-state index in [9.17, 15) is 4.79 Å². The maximum atomic E-state index is 12.0. The number of benzene rings is 1. The smallest absolute Gasteiger partial charge is 0.230 e. The third-order valence-electron chi connectivity index (χ3n) is 4.17. The molecule has 3 rings (SSSR count). The van der Waals surface area contributed by atoms with Gasteiger partial charge in [0.15, 0.2) is 11.0 Å². The summed E-state index contributed by atoms with van der Waals surface area (Å²) in [6, 6.07) is 7.87. The van der Waals surface area contributed by atoms with Gasteiger partial charge in [-0.2, -0.15) is 0 Å². The Balaban J connectivity index is 1.45. The monoisotopic (exact) mass is 376 g/mol. The summed E-state index contributed by atoms with van der Waals surface area (Å²) in [4.78, 5) is 12.0. The van der Waals surface area contributed by atoms with Crippen molar-refractivity contribution >= 4 is 17.7 Å². The highest BCUT2D eigenvalue weighted by Gasteiger charge is 2.17. The summed E-state index contributed by atoms with van der Waals surface area (Å²) in [5.74, 6) is 1.80. The van der Waals surface area contributed by atoms with Crippen LogP contribution >= 0.6 is 11.8 Å². The molecule has 7 nitrogen and oxygen atoms in total. The number of nitrogens with one attached hydrogen (secondary N) is 1. The zero-order valence-electron chi connectivity index (χ0n) is 15.1. The average molecular weight is 376 g/mol. The molecule has 2 heterocycles. The van der Waals surface area contributed by atoms with Gasteiger partial charge in [0.25, 0.3) is 0 Å². The van der Waals surface area contributed by atoms with Crippen LogP contribution in [0.25, 0.3) is 0 Å². The molecule has 0 bridgehead atoms. The van der Waals surface area contributed by atoms with Crippen molar-refractivity contribution in [1.82, 2.24) is 20.1 Å². The summed E-state index contributed by atoms with van der Waals surface area (Å²) in [7, 11) is 1.88. The van der Waals surface area contributed by atoms with Gasteiger partial charge in [-0.3, -0.25) is 4.79 Å². The standard InChI is InChI=1S/C18H24N4O3S/c1-13-5-3-6-14(9-13)25-11-16-20-21-18(22(16)2)26-12-17(23)19-10-15-7-4-8-24-15/h3,5-6,9,15H,4,7-8,10-12H2,1-2H3,(H,19,23)/t15-/m0/s1. The normalized spacial score (nSPS) is 16.6. The average Bonchev–Trinajstić information content (AvgIpc) is 3.27. The molecule has 0 radical (unpaired) electrons. The second kappa shape index (κ2) is 9.05. The first-order valence-corrected chi connectivity index (χ1v) is 9.69. The van der Waals surface area contributed by atoms with Gasteiger partial charge < -0.3 is 19.4 Å². The van der Waals surface area contributed by atoms with Crippen molar-refractivity contribution in [1.29, 1.82) is 0 Å². The highest BCUT2D eigenvalue weighted by Crippen LogP contribution is 2.18. The molecular weight excluding hydrogens is 352 g/mol. The summed E-state index contributed by atoms with van der Waals surface area (Å²) in [5.41, 5.74) is 1.14. The molecule has 1 N–H and O–H groups in total. The van der Waals surface area contributed by atoms with E-state index in [2.05, 4.69) is 15.5 Å². The number of nitrogens with zero attached hydrogens (tertiary/aromatic N) is 3. The molecule has 1 aromatic heterocycles. The first kappa shape index (κ1) is 18.7. The Bertz CT molecular complexity index is 744. The van der Waals surface area contributed by atoms with Gasteiger partial charge in [0.05, 0.1) is 11.9 Å². The van der Waals surface area contributed by atoms with E-state index in [0.717, 1.165) is 30.8 Å². The molecule has 1 aliphatic rings. The molecule has 8 heteroatoms. The SMILES string of the molecule is Cc1cccc(OCc2nnc(SCC(=O)NC[C@@H]3CCCO3)n2C)c1. The third kappa shape index (κ3) is 5.22. The number of aromatic nitrogens is 3. The molecule has 1 saturated heterocycles. The molecule has 1 fully saturated rings. The fourth-order valence-electron chi connectivity index (χ4n) is 2.66. The number of aryl methyl sites for hydroxylation is 1. The van der Waals surface area contributed by atoms with Crippen molar-refractivity contribution in [2.75, 3.05) is 18.9 Å². The minimum Gasteiger partial charge on any atom is -0.486 e. The highest BCUT2D eigenvalue weighted by molar-refractivity contribution is 7.99. The number of hydrogen-bond acceptors (Lipinski definition) is 6. The maximum absolute atomic E-state index is 12.0. The van der Waals surface area contributed by atoms with Crippen LogP contribution in [0.3, 0.4) is 0 Å². The lowest BCUT2D eigenvalue weighted by Gasteiger charge is -2.10. The number of amides is 1. The van der Waals surface area contributed by atoms with Crippen LogP contribution in [0.5, 0.6) is 5.75 Å². The highest BCUT2D eigenvalue weighted by atomic mass is 32.2. The largest absolute Gasteiger partial charge is 0.486 e. The molecule has 1 aromatic carbocycles. The number of rotatable bonds is 8. The molecule has 0 aliphatic carbocycles. The Morgan fingerprint density at radius 1 is 1.46 bits per heavy atom. The van der Waals surface area contributed by atoms with E-state index in [1.54, 1.807) is 0 Å². The first-order chi connectivity index (χ1) is 12.6. The van der Waals surface area contributed by atoms with Gasteiger partial charge in [-0.15, -0.1) is 10.2 Å². The van der Waals surface area contributed by atoms with E-state index in [1.165, 1.54) is 11.8 Å². The van der Waals surface area contributed by atoms with E-state index >= 15 is 0 Å². The molecule has 1 aliphatic heterocycles. The number of carbonyl (C=O) groups excluding carboxylic acids is 1. The van der Waals surface area contributed by atoms with E-state index in [4.69, 9.17) is 9.47 Å². The van der Waals surface area contributed by atoms with Gasteiger partial charge in [-0.05, 0) is 37.5 Å². The lowest BCUT2D eigenvalue weighted by Crippen LogP contribution is -2.32. The lowest BCUT2D eigenvalue weighted by atomic mass is 10.2. The number of thioether (sulfide) groups is 1. The van der Waals surface area contributed by atoms with Gasteiger partial charge in [0, 0.05) is 20.2 Å². The quantitative estimate of drug-likeness (QED) is 0.711. The Labute approximate surface area is 157 Å². The molecule has 1 amide bonds. The summed E-state index contributed by atoms with van der Waals surface area (Å²) in [6.07, 6.45) is 2.24. The number of ether oxygens (including phenoxy) is 2. The molecule has 1 atom stereocenters. The zero-order chi connectivity index (χ0) is 18.4. The molecule has 2 aromatic rings. The van der Waals surface area contributed by atoms with Gasteiger partial charge in [0.2, 0.25) is 5.91 Å². The van der Waals surface area contributed by atoms with Crippen molar-refractivity contribution < 1.29 is 14.3 Å². The van der Waals surface area contributed by atoms with Crippen LogP contribution in [0.1, 0.15) is 24.2 Å². The Kier molecular flexibility index (Phi) is 6.51. The second-order valence-electron chi connectivity index (χ2n) is 6.29. The second-order valence-corrected chi connectivity index (χ2v) is 7.23. The van der Waals surface area contributed by atoms with Gasteiger partial charge in [-0.25, -0.2) is 0 Å². The van der Waals surface area contributed by atoms with Gasteiger partial charge in [0.1, 0.15) is 12.4 Å². The van der Waals surface area contributed by atoms with Crippen LogP contribution in [-0.4, -0.2) is 45.7 Å². The lowest BCUT2D eigenvalue weighted by molar-refractivity contribution is -0.119. The minimum absolute atomic E-state index is 0.0222. The maximum Gasteiger partial charge on any atom is 0.230 e. The van der Waals surface area contributed by atoms with Gasteiger partial charge >= 0.3 is 0 Å². The topological polar surface area (TPSA) is 78.3 Å².